The number of ketones is 1. The Balaban J connectivity index is 1.67. The Hall–Kier alpha value is -3.93. The van der Waals surface area contributed by atoms with E-state index in [1.807, 2.05) is 24.3 Å². The van der Waals surface area contributed by atoms with E-state index in [2.05, 4.69) is 11.9 Å². The summed E-state index contributed by atoms with van der Waals surface area (Å²) >= 11 is 0. The molecule has 0 radical (unpaired) electrons. The third kappa shape index (κ3) is 4.19. The molecule has 1 atom stereocenters. The van der Waals surface area contributed by atoms with Crippen molar-refractivity contribution in [3.05, 3.63) is 106 Å². The van der Waals surface area contributed by atoms with E-state index in [-0.39, 0.29) is 17.9 Å². The zero-order valence-corrected chi connectivity index (χ0v) is 17.1. The topological polar surface area (TPSA) is 81.2 Å². The van der Waals surface area contributed by atoms with E-state index in [0.717, 1.165) is 22.9 Å². The Morgan fingerprint density at radius 2 is 1.77 bits per heavy atom. The summed E-state index contributed by atoms with van der Waals surface area (Å²) in [5, 5.41) is 0.792. The normalized spacial score (nSPS) is 11.9. The van der Waals surface area contributed by atoms with Gasteiger partial charge in [-0.25, -0.2) is 0 Å². The first-order valence-corrected chi connectivity index (χ1v) is 10.1. The van der Waals surface area contributed by atoms with Gasteiger partial charge in [0.15, 0.2) is 6.10 Å². The molecule has 1 N–H and O–H groups in total. The third-order valence-electron chi connectivity index (χ3n) is 5.24. The quantitative estimate of drug-likeness (QED) is 0.365. The highest BCUT2D eigenvalue weighted by atomic mass is 16.5. The van der Waals surface area contributed by atoms with Crippen molar-refractivity contribution < 1.29 is 14.3 Å². The largest absolute Gasteiger partial charge is 0.448 e. The first kappa shape index (κ1) is 20.3. The summed E-state index contributed by atoms with van der Waals surface area (Å²) in [5.74, 6) is -0.982. The first-order valence-electron chi connectivity index (χ1n) is 10.1. The van der Waals surface area contributed by atoms with Gasteiger partial charge in [0.25, 0.3) is 5.56 Å². The van der Waals surface area contributed by atoms with Crippen LogP contribution in [0.1, 0.15) is 34.5 Å². The average molecular weight is 414 g/mol. The minimum atomic E-state index is -1.11. The minimum Gasteiger partial charge on any atom is -0.448 e. The molecule has 6 heteroatoms. The van der Waals surface area contributed by atoms with Gasteiger partial charge in [0.05, 0.1) is 0 Å². The van der Waals surface area contributed by atoms with Gasteiger partial charge in [0.2, 0.25) is 5.78 Å². The molecule has 0 aliphatic rings. The number of para-hydroxylation sites is 1. The van der Waals surface area contributed by atoms with Gasteiger partial charge in [-0.1, -0.05) is 61.5 Å². The molecule has 6 nitrogen and oxygen atoms in total. The van der Waals surface area contributed by atoms with Gasteiger partial charge in [-0.15, -0.1) is 0 Å². The van der Waals surface area contributed by atoms with E-state index in [1.54, 1.807) is 42.6 Å². The van der Waals surface area contributed by atoms with Crippen LogP contribution >= 0.6 is 0 Å². The van der Waals surface area contributed by atoms with Gasteiger partial charge in [-0.3, -0.25) is 14.4 Å². The molecule has 0 aliphatic carbocycles. The van der Waals surface area contributed by atoms with Crippen molar-refractivity contribution in [3.8, 4) is 0 Å². The molecule has 0 amide bonds. The zero-order chi connectivity index (χ0) is 21.8. The molecular weight excluding hydrogens is 392 g/mol. The van der Waals surface area contributed by atoms with Crippen LogP contribution in [0.25, 0.3) is 10.9 Å². The lowest BCUT2D eigenvalue weighted by Gasteiger charge is -2.17. The number of nitrogens with one attached hydrogen (secondary N) is 1. The number of H-pyrrole nitrogens is 1. The maximum Gasteiger partial charge on any atom is 0.327 e. The number of pyridine rings is 1. The number of rotatable bonds is 7. The van der Waals surface area contributed by atoms with Gasteiger partial charge in [0.1, 0.15) is 6.54 Å². The first-order chi connectivity index (χ1) is 15.1. The number of aromatic nitrogens is 2. The van der Waals surface area contributed by atoms with Crippen molar-refractivity contribution in [1.29, 1.82) is 0 Å². The lowest BCUT2D eigenvalue weighted by atomic mass is 9.98. The van der Waals surface area contributed by atoms with Crippen molar-refractivity contribution >= 4 is 22.7 Å². The van der Waals surface area contributed by atoms with Crippen LogP contribution in [0.15, 0.2) is 83.9 Å². The predicted molar refractivity (Wildman–Crippen MR) is 118 cm³/mol. The van der Waals surface area contributed by atoms with Crippen LogP contribution in [0.3, 0.4) is 0 Å². The molecule has 4 aromatic rings. The second kappa shape index (κ2) is 8.83. The molecule has 2 aromatic heterocycles. The van der Waals surface area contributed by atoms with Gasteiger partial charge in [0, 0.05) is 40.5 Å². The fraction of sp³-hybridized carbons (Fsp3) is 0.160. The highest BCUT2D eigenvalue weighted by Crippen LogP contribution is 2.29. The molecule has 0 saturated heterocycles. The van der Waals surface area contributed by atoms with Crippen molar-refractivity contribution in [2.24, 2.45) is 0 Å². The maximum absolute atomic E-state index is 13.5. The van der Waals surface area contributed by atoms with E-state index in [9.17, 15) is 14.4 Å². The van der Waals surface area contributed by atoms with Gasteiger partial charge in [-0.2, -0.15) is 0 Å². The Labute approximate surface area is 179 Å². The molecule has 0 spiro atoms. The number of esters is 1. The van der Waals surface area contributed by atoms with Crippen LogP contribution in [0, 0.1) is 0 Å². The van der Waals surface area contributed by atoms with Crippen molar-refractivity contribution in [2.45, 2.75) is 26.0 Å². The molecule has 4 rings (SSSR count). The number of fused-ring (bicyclic) bond motifs is 1. The Morgan fingerprint density at radius 1 is 1.00 bits per heavy atom. The average Bonchev–Trinajstić information content (AvgIpc) is 3.23. The molecule has 0 unspecified atom stereocenters. The number of carbonyl (C=O) groups is 2. The maximum atomic E-state index is 13.5. The summed E-state index contributed by atoms with van der Waals surface area (Å²) in [5.41, 5.74) is 2.73. The Kier molecular flexibility index (Phi) is 5.80. The number of nitrogens with zero attached hydrogens (tertiary/aromatic N) is 1. The van der Waals surface area contributed by atoms with E-state index in [4.69, 9.17) is 4.74 Å². The summed E-state index contributed by atoms with van der Waals surface area (Å²) in [6.07, 6.45) is 2.89. The molecule has 2 aromatic carbocycles. The van der Waals surface area contributed by atoms with Gasteiger partial charge >= 0.3 is 5.97 Å². The fourth-order valence-corrected chi connectivity index (χ4v) is 3.66. The minimum absolute atomic E-state index is 0.274. The molecule has 0 fully saturated rings. The number of carbonyl (C=O) groups excluding carboxylic acids is 2. The zero-order valence-electron chi connectivity index (χ0n) is 17.1. The highest BCUT2D eigenvalue weighted by molar-refractivity contribution is 6.11. The smallest absolute Gasteiger partial charge is 0.327 e. The number of benzene rings is 2. The van der Waals surface area contributed by atoms with Gasteiger partial charge in [-0.05, 0) is 18.1 Å². The Morgan fingerprint density at radius 3 is 2.52 bits per heavy atom. The lowest BCUT2D eigenvalue weighted by Crippen LogP contribution is -2.27. The molecule has 0 aliphatic heterocycles. The second-order valence-corrected chi connectivity index (χ2v) is 7.21. The van der Waals surface area contributed by atoms with Crippen LogP contribution < -0.4 is 5.56 Å². The highest BCUT2D eigenvalue weighted by Gasteiger charge is 2.28. The van der Waals surface area contributed by atoms with Crippen molar-refractivity contribution in [1.82, 2.24) is 9.55 Å². The van der Waals surface area contributed by atoms with E-state index < -0.39 is 12.1 Å². The number of ether oxygens (including phenoxy) is 1. The summed E-state index contributed by atoms with van der Waals surface area (Å²) < 4.78 is 6.87. The number of Topliss-reactive ketones (excluding diaryl/α,β-unsaturated/α-hetero) is 1. The lowest BCUT2D eigenvalue weighted by molar-refractivity contribution is -0.148. The van der Waals surface area contributed by atoms with Crippen molar-refractivity contribution in [3.63, 3.8) is 0 Å². The standard InChI is InChI=1S/C25H22N2O4/c1-2-17-11-8-12-19-20(15-26-23(17)19)24(30)25(18-9-4-3-5-10-18)31-22(29)16-27-14-7-6-13-21(27)28/h3-15,25-26H,2,16H2,1H3/t25-/m0/s1. The van der Waals surface area contributed by atoms with Crippen LogP contribution in [-0.2, 0) is 22.5 Å². The number of aryl methyl sites for hydroxylation is 1. The van der Waals surface area contributed by atoms with E-state index in [0.29, 0.717) is 11.1 Å². The number of hydrogen-bond donors (Lipinski definition) is 1. The molecule has 156 valence electrons. The summed E-state index contributed by atoms with van der Waals surface area (Å²) in [6.45, 7) is 1.78. The summed E-state index contributed by atoms with van der Waals surface area (Å²) in [7, 11) is 0. The van der Waals surface area contributed by atoms with E-state index in [1.165, 1.54) is 16.8 Å². The number of aromatic amines is 1. The fourth-order valence-electron chi connectivity index (χ4n) is 3.66. The third-order valence-corrected chi connectivity index (χ3v) is 5.24. The van der Waals surface area contributed by atoms with Crippen LogP contribution in [0.5, 0.6) is 0 Å². The monoisotopic (exact) mass is 414 g/mol. The van der Waals surface area contributed by atoms with Crippen LogP contribution in [0.2, 0.25) is 0 Å². The Bertz CT molecular complexity index is 1290. The van der Waals surface area contributed by atoms with Crippen LogP contribution in [-0.4, -0.2) is 21.3 Å². The second-order valence-electron chi connectivity index (χ2n) is 7.21. The molecular formula is C25H22N2O4. The number of hydrogen-bond acceptors (Lipinski definition) is 4. The van der Waals surface area contributed by atoms with Crippen LogP contribution in [0.4, 0.5) is 0 Å². The van der Waals surface area contributed by atoms with Crippen molar-refractivity contribution in [2.75, 3.05) is 0 Å². The summed E-state index contributed by atoms with van der Waals surface area (Å²) in [4.78, 5) is 41.3. The van der Waals surface area contributed by atoms with E-state index >= 15 is 0 Å². The molecule has 0 bridgehead atoms. The molecule has 0 saturated carbocycles. The predicted octanol–water partition coefficient (Wildman–Crippen LogP) is 4.06. The SMILES string of the molecule is CCc1cccc2c(C(=O)[C@@H](OC(=O)Cn3ccccc3=O)c3ccccc3)c[nH]c12. The molecule has 2 heterocycles. The summed E-state index contributed by atoms with van der Waals surface area (Å²) in [6, 6.07) is 19.3. The molecule has 31 heavy (non-hydrogen) atoms. The van der Waals surface area contributed by atoms with Gasteiger partial charge < -0.3 is 14.3 Å².